The molecule has 2 aliphatic heterocycles. The number of halogens is 1. The first kappa shape index (κ1) is 16.3. The zero-order chi connectivity index (χ0) is 17.4. The molecule has 0 radical (unpaired) electrons. The molecule has 1 unspecified atom stereocenters. The summed E-state index contributed by atoms with van der Waals surface area (Å²) in [5, 5.41) is 7.47. The van der Waals surface area contributed by atoms with E-state index >= 15 is 0 Å². The van der Waals surface area contributed by atoms with Crippen LogP contribution in [-0.4, -0.2) is 28.8 Å². The zero-order valence-electron chi connectivity index (χ0n) is 13.6. The quantitative estimate of drug-likeness (QED) is 0.762. The number of allylic oxidation sites excluding steroid dienone is 1. The Morgan fingerprint density at radius 1 is 1.42 bits per heavy atom. The van der Waals surface area contributed by atoms with Crippen LogP contribution in [0.1, 0.15) is 25.8 Å². The Kier molecular flexibility index (Phi) is 4.19. The molecule has 24 heavy (non-hydrogen) atoms. The van der Waals surface area contributed by atoms with Gasteiger partial charge in [0.25, 0.3) is 0 Å². The molecule has 2 heterocycles. The molecule has 1 saturated heterocycles. The maximum Gasteiger partial charge on any atom is 0.249 e. The zero-order valence-corrected chi connectivity index (χ0v) is 14.4. The largest absolute Gasteiger partial charge is 0.323 e. The van der Waals surface area contributed by atoms with E-state index in [1.165, 1.54) is 0 Å². The molecule has 1 atom stereocenters. The van der Waals surface area contributed by atoms with Gasteiger partial charge >= 0.3 is 0 Å². The van der Waals surface area contributed by atoms with E-state index in [1.54, 1.807) is 17.1 Å². The van der Waals surface area contributed by atoms with Crippen LogP contribution in [0.25, 0.3) is 0 Å². The monoisotopic (exact) mass is 347 g/mol. The van der Waals surface area contributed by atoms with Gasteiger partial charge in [0.2, 0.25) is 17.8 Å². The van der Waals surface area contributed by atoms with E-state index in [4.69, 9.17) is 11.6 Å². The molecule has 7 nitrogen and oxygen atoms in total. The minimum Gasteiger partial charge on any atom is -0.323 e. The number of guanidine groups is 1. The summed E-state index contributed by atoms with van der Waals surface area (Å²) < 4.78 is 0. The number of carbonyl (C=O) groups is 2. The first-order valence-electron chi connectivity index (χ1n) is 7.54. The minimum absolute atomic E-state index is 0.0252. The highest BCUT2D eigenvalue weighted by Crippen LogP contribution is 2.24. The van der Waals surface area contributed by atoms with Gasteiger partial charge < -0.3 is 5.32 Å². The lowest BCUT2D eigenvalue weighted by atomic mass is 10.1. The molecule has 0 aliphatic carbocycles. The summed E-state index contributed by atoms with van der Waals surface area (Å²) >= 11 is 6.16. The molecule has 3 rings (SSSR count). The molecule has 1 aromatic rings. The van der Waals surface area contributed by atoms with Crippen LogP contribution in [0.2, 0.25) is 5.02 Å². The van der Waals surface area contributed by atoms with Crippen LogP contribution in [-0.2, 0) is 9.59 Å². The number of hydrazine groups is 1. The van der Waals surface area contributed by atoms with Crippen LogP contribution in [0.5, 0.6) is 0 Å². The van der Waals surface area contributed by atoms with Crippen LogP contribution in [0, 0.1) is 6.92 Å². The van der Waals surface area contributed by atoms with Gasteiger partial charge in [-0.1, -0.05) is 17.7 Å². The van der Waals surface area contributed by atoms with Gasteiger partial charge in [-0.25, -0.2) is 5.01 Å². The molecular formula is C16H18ClN5O2. The van der Waals surface area contributed by atoms with Crippen molar-refractivity contribution in [2.45, 2.75) is 33.2 Å². The molecule has 8 heteroatoms. The van der Waals surface area contributed by atoms with Crippen molar-refractivity contribution in [2.75, 3.05) is 5.32 Å². The number of aryl methyl sites for hydroxylation is 1. The predicted octanol–water partition coefficient (Wildman–Crippen LogP) is 1.90. The number of amides is 2. The van der Waals surface area contributed by atoms with Crippen molar-refractivity contribution >= 4 is 35.1 Å². The second kappa shape index (κ2) is 6.16. The van der Waals surface area contributed by atoms with Crippen molar-refractivity contribution in [2.24, 2.45) is 4.99 Å². The topological polar surface area (TPSA) is 85.8 Å². The molecule has 126 valence electrons. The number of carbonyl (C=O) groups excluding carboxylic acids is 2. The predicted molar refractivity (Wildman–Crippen MR) is 92.2 cm³/mol. The van der Waals surface area contributed by atoms with Crippen LogP contribution in [0.3, 0.4) is 0 Å². The van der Waals surface area contributed by atoms with Gasteiger partial charge in [-0.05, 0) is 44.0 Å². The van der Waals surface area contributed by atoms with E-state index in [2.05, 4.69) is 21.1 Å². The molecule has 2 aliphatic rings. The van der Waals surface area contributed by atoms with Crippen molar-refractivity contribution in [1.82, 2.24) is 15.8 Å². The van der Waals surface area contributed by atoms with Gasteiger partial charge in [0.05, 0.1) is 17.1 Å². The second-order valence-electron chi connectivity index (χ2n) is 6.01. The number of hydrogen-bond acceptors (Lipinski definition) is 5. The van der Waals surface area contributed by atoms with Crippen molar-refractivity contribution in [1.29, 1.82) is 0 Å². The lowest BCUT2D eigenvalue weighted by Gasteiger charge is -2.32. The van der Waals surface area contributed by atoms with Crippen LogP contribution >= 0.6 is 11.6 Å². The van der Waals surface area contributed by atoms with E-state index < -0.39 is 6.04 Å². The highest BCUT2D eigenvalue weighted by atomic mass is 35.5. The normalized spacial score (nSPS) is 19.2. The number of benzene rings is 1. The van der Waals surface area contributed by atoms with E-state index in [0.29, 0.717) is 22.5 Å². The molecule has 1 aromatic carbocycles. The highest BCUT2D eigenvalue weighted by Gasteiger charge is 2.39. The Balaban J connectivity index is 1.83. The second-order valence-corrected chi connectivity index (χ2v) is 6.41. The van der Waals surface area contributed by atoms with Gasteiger partial charge in [-0.15, -0.1) is 0 Å². The summed E-state index contributed by atoms with van der Waals surface area (Å²) in [6.45, 7) is 5.71. The fraction of sp³-hybridized carbons (Fsp3) is 0.312. The summed E-state index contributed by atoms with van der Waals surface area (Å²) in [7, 11) is 0. The molecule has 2 amide bonds. The van der Waals surface area contributed by atoms with Gasteiger partial charge in [-0.3, -0.25) is 20.3 Å². The minimum atomic E-state index is -0.716. The number of rotatable bonds is 2. The summed E-state index contributed by atoms with van der Waals surface area (Å²) in [5.74, 6) is 0.374. The SMILES string of the molecule is CC(C)=C1N=C2NC(=O)CC(C(=O)Nc3ccc(C)cc3Cl)N2N1. The number of anilines is 1. The third-order valence-corrected chi connectivity index (χ3v) is 4.09. The number of hydrogen-bond donors (Lipinski definition) is 3. The lowest BCUT2D eigenvalue weighted by Crippen LogP contribution is -2.61. The Morgan fingerprint density at radius 3 is 2.83 bits per heavy atom. The first-order chi connectivity index (χ1) is 11.3. The number of nitrogens with one attached hydrogen (secondary N) is 3. The van der Waals surface area contributed by atoms with Gasteiger partial charge in [0.1, 0.15) is 11.9 Å². The summed E-state index contributed by atoms with van der Waals surface area (Å²) in [5.41, 5.74) is 5.52. The molecular weight excluding hydrogens is 330 g/mol. The van der Waals surface area contributed by atoms with Gasteiger partial charge in [0, 0.05) is 0 Å². The van der Waals surface area contributed by atoms with Crippen molar-refractivity contribution in [3.8, 4) is 0 Å². The molecule has 1 fully saturated rings. The number of fused-ring (bicyclic) bond motifs is 1. The van der Waals surface area contributed by atoms with Crippen molar-refractivity contribution in [3.05, 3.63) is 40.2 Å². The number of nitrogens with zero attached hydrogens (tertiary/aromatic N) is 2. The lowest BCUT2D eigenvalue weighted by molar-refractivity contribution is -0.129. The number of aliphatic imine (C=N–C) groups is 1. The summed E-state index contributed by atoms with van der Waals surface area (Å²) in [4.78, 5) is 28.9. The van der Waals surface area contributed by atoms with Crippen molar-refractivity contribution < 1.29 is 9.59 Å². The Bertz CT molecular complexity index is 783. The third-order valence-electron chi connectivity index (χ3n) is 3.77. The molecule has 0 saturated carbocycles. The fourth-order valence-corrected chi connectivity index (χ4v) is 2.76. The summed E-state index contributed by atoms with van der Waals surface area (Å²) in [6.07, 6.45) is 0.0252. The van der Waals surface area contributed by atoms with Crippen molar-refractivity contribution in [3.63, 3.8) is 0 Å². The Morgan fingerprint density at radius 2 is 2.17 bits per heavy atom. The maximum absolute atomic E-state index is 12.7. The molecule has 0 aromatic heterocycles. The van der Waals surface area contributed by atoms with E-state index in [0.717, 1.165) is 11.1 Å². The van der Waals surface area contributed by atoms with Crippen LogP contribution in [0.15, 0.2) is 34.6 Å². The van der Waals surface area contributed by atoms with E-state index in [1.807, 2.05) is 26.8 Å². The Hall–Kier alpha value is -2.54. The maximum atomic E-state index is 12.7. The highest BCUT2D eigenvalue weighted by molar-refractivity contribution is 6.33. The molecule has 3 N–H and O–H groups in total. The fourth-order valence-electron chi connectivity index (χ4n) is 2.48. The van der Waals surface area contributed by atoms with Gasteiger partial charge in [-0.2, -0.15) is 4.99 Å². The average Bonchev–Trinajstić information content (AvgIpc) is 2.93. The smallest absolute Gasteiger partial charge is 0.249 e. The average molecular weight is 348 g/mol. The Labute approximate surface area is 144 Å². The van der Waals surface area contributed by atoms with Crippen LogP contribution in [0.4, 0.5) is 5.69 Å². The first-order valence-corrected chi connectivity index (χ1v) is 7.92. The van der Waals surface area contributed by atoms with Crippen LogP contribution < -0.4 is 16.1 Å². The standard InChI is InChI=1S/C16H18ClN5O2/c1-8(2)14-20-16-19-13(23)7-12(22(16)21-14)15(24)18-11-5-4-9(3)6-10(11)17/h4-6,12,21H,7H2,1-3H3,(H,18,24)(H,19,20,23). The van der Waals surface area contributed by atoms with E-state index in [-0.39, 0.29) is 18.2 Å². The molecule has 0 bridgehead atoms. The molecule has 0 spiro atoms. The third kappa shape index (κ3) is 3.07. The van der Waals surface area contributed by atoms with Gasteiger partial charge in [0.15, 0.2) is 0 Å². The summed E-state index contributed by atoms with van der Waals surface area (Å²) in [6, 6.07) is 4.66. The van der Waals surface area contributed by atoms with E-state index in [9.17, 15) is 9.59 Å².